The van der Waals surface area contributed by atoms with Crippen LogP contribution >= 0.6 is 0 Å². The zero-order valence-corrected chi connectivity index (χ0v) is 13.4. The van der Waals surface area contributed by atoms with Crippen molar-refractivity contribution >= 4 is 5.91 Å². The maximum atomic E-state index is 12.7. The van der Waals surface area contributed by atoms with Crippen LogP contribution in [0.1, 0.15) is 40.4 Å². The summed E-state index contributed by atoms with van der Waals surface area (Å²) >= 11 is 0. The maximum Gasteiger partial charge on any atom is 0.253 e. The first-order valence-corrected chi connectivity index (χ1v) is 8.15. The molecule has 1 atom stereocenters. The van der Waals surface area contributed by atoms with Gasteiger partial charge < -0.3 is 10.0 Å². The molecule has 1 aliphatic rings. The summed E-state index contributed by atoms with van der Waals surface area (Å²) < 4.78 is 1.73. The topological polar surface area (TPSA) is 82.2 Å². The van der Waals surface area contributed by atoms with E-state index in [9.17, 15) is 4.79 Å². The molecule has 2 heterocycles. The lowest BCUT2D eigenvalue weighted by Crippen LogP contribution is -2.39. The van der Waals surface area contributed by atoms with Gasteiger partial charge in [-0.25, -0.2) is 0 Å². The number of carbonyl (C=O) groups excluding carboxylic acids is 1. The van der Waals surface area contributed by atoms with Crippen LogP contribution in [0.4, 0.5) is 0 Å². The Hall–Kier alpha value is -2.65. The van der Waals surface area contributed by atoms with Crippen LogP contribution in [-0.4, -0.2) is 45.4 Å². The number of aliphatic hydroxyl groups is 1. The number of nitrogens with zero attached hydrogens (tertiary/aromatic N) is 4. The number of likely N-dealkylation sites (tertiary alicyclic amines) is 1. The van der Waals surface area contributed by atoms with Gasteiger partial charge in [0.2, 0.25) is 0 Å². The van der Waals surface area contributed by atoms with Gasteiger partial charge in [-0.05, 0) is 43.2 Å². The molecule has 0 aliphatic carbocycles. The Kier molecular flexibility index (Phi) is 4.92. The molecule has 0 bridgehead atoms. The zero-order chi connectivity index (χ0) is 16.9. The number of rotatable bonds is 4. The first kappa shape index (κ1) is 16.2. The van der Waals surface area contributed by atoms with E-state index in [0.29, 0.717) is 24.2 Å². The Morgan fingerprint density at radius 3 is 2.83 bits per heavy atom. The van der Waals surface area contributed by atoms with E-state index in [1.165, 1.54) is 0 Å². The number of carbonyl (C=O) groups is 1. The van der Waals surface area contributed by atoms with E-state index < -0.39 is 0 Å². The lowest BCUT2D eigenvalue weighted by Gasteiger charge is -2.32. The largest absolute Gasteiger partial charge is 0.394 e. The van der Waals surface area contributed by atoms with Gasteiger partial charge in [-0.2, -0.15) is 10.4 Å². The minimum Gasteiger partial charge on any atom is -0.394 e. The van der Waals surface area contributed by atoms with Crippen LogP contribution in [0.15, 0.2) is 36.5 Å². The van der Waals surface area contributed by atoms with Gasteiger partial charge >= 0.3 is 0 Å². The highest BCUT2D eigenvalue weighted by Gasteiger charge is 2.26. The summed E-state index contributed by atoms with van der Waals surface area (Å²) in [6.45, 7) is 1.94. The average molecular weight is 324 g/mol. The fraction of sp³-hybridized carbons (Fsp3) is 0.389. The fourth-order valence-corrected chi connectivity index (χ4v) is 3.10. The van der Waals surface area contributed by atoms with Crippen molar-refractivity contribution in [3.05, 3.63) is 53.3 Å². The third-order valence-corrected chi connectivity index (χ3v) is 4.38. The van der Waals surface area contributed by atoms with Gasteiger partial charge in [-0.15, -0.1) is 0 Å². The molecule has 1 aliphatic heterocycles. The standard InChI is InChI=1S/C18H20N4O2/c19-12-14-3-5-15(6-4-14)18(24)21-8-1-2-16(13-21)17-7-9-22(20-17)10-11-23/h3-7,9,16,23H,1-2,8,10-11,13H2/t16-/m1/s1. The highest BCUT2D eigenvalue weighted by atomic mass is 16.3. The van der Waals surface area contributed by atoms with Crippen molar-refractivity contribution in [2.45, 2.75) is 25.3 Å². The van der Waals surface area contributed by atoms with Gasteiger partial charge in [-0.1, -0.05) is 0 Å². The van der Waals surface area contributed by atoms with Crippen molar-refractivity contribution in [2.24, 2.45) is 0 Å². The second-order valence-corrected chi connectivity index (χ2v) is 6.01. The SMILES string of the molecule is N#Cc1ccc(C(=O)N2CCC[C@@H](c3ccn(CCO)n3)C2)cc1. The van der Waals surface area contributed by atoms with Crippen molar-refractivity contribution < 1.29 is 9.90 Å². The Morgan fingerprint density at radius 1 is 1.33 bits per heavy atom. The van der Waals surface area contributed by atoms with Gasteiger partial charge in [0.25, 0.3) is 5.91 Å². The molecule has 24 heavy (non-hydrogen) atoms. The van der Waals surface area contributed by atoms with Crippen molar-refractivity contribution in [1.82, 2.24) is 14.7 Å². The molecule has 1 saturated heterocycles. The van der Waals surface area contributed by atoms with Crippen LogP contribution < -0.4 is 0 Å². The molecule has 1 aromatic heterocycles. The summed E-state index contributed by atoms with van der Waals surface area (Å²) in [5, 5.41) is 22.3. The average Bonchev–Trinajstić information content (AvgIpc) is 3.10. The minimum absolute atomic E-state index is 0.000944. The molecule has 1 fully saturated rings. The number of aromatic nitrogens is 2. The third-order valence-electron chi connectivity index (χ3n) is 4.38. The van der Waals surface area contributed by atoms with Crippen LogP contribution in [0.2, 0.25) is 0 Å². The molecule has 124 valence electrons. The smallest absolute Gasteiger partial charge is 0.253 e. The van der Waals surface area contributed by atoms with Crippen LogP contribution in [0, 0.1) is 11.3 Å². The number of amides is 1. The van der Waals surface area contributed by atoms with Gasteiger partial charge in [0.1, 0.15) is 0 Å². The summed E-state index contributed by atoms with van der Waals surface area (Å²) in [6, 6.07) is 10.8. The van der Waals surface area contributed by atoms with Crippen molar-refractivity contribution in [1.29, 1.82) is 5.26 Å². The summed E-state index contributed by atoms with van der Waals surface area (Å²) in [5.41, 5.74) is 2.14. The number of aliphatic hydroxyl groups excluding tert-OH is 1. The molecule has 0 radical (unpaired) electrons. The Morgan fingerprint density at radius 2 is 2.12 bits per heavy atom. The zero-order valence-electron chi connectivity index (χ0n) is 13.4. The predicted molar refractivity (Wildman–Crippen MR) is 88.3 cm³/mol. The van der Waals surface area contributed by atoms with Crippen molar-refractivity contribution in [3.8, 4) is 6.07 Å². The monoisotopic (exact) mass is 324 g/mol. The molecule has 1 N–H and O–H groups in total. The molecule has 0 saturated carbocycles. The fourth-order valence-electron chi connectivity index (χ4n) is 3.10. The molecule has 1 aromatic carbocycles. The second-order valence-electron chi connectivity index (χ2n) is 6.01. The quantitative estimate of drug-likeness (QED) is 0.929. The molecule has 6 heteroatoms. The second kappa shape index (κ2) is 7.28. The van der Waals surface area contributed by atoms with E-state index in [1.54, 1.807) is 28.9 Å². The summed E-state index contributed by atoms with van der Waals surface area (Å²) in [5.74, 6) is 0.222. The number of piperidine rings is 1. The van der Waals surface area contributed by atoms with E-state index >= 15 is 0 Å². The van der Waals surface area contributed by atoms with E-state index in [0.717, 1.165) is 25.1 Å². The van der Waals surface area contributed by atoms with Gasteiger partial charge in [0.15, 0.2) is 0 Å². The molecular formula is C18H20N4O2. The Labute approximate surface area is 140 Å². The molecular weight excluding hydrogens is 304 g/mol. The number of nitriles is 1. The molecule has 1 amide bonds. The summed E-state index contributed by atoms with van der Waals surface area (Å²) in [4.78, 5) is 14.5. The van der Waals surface area contributed by atoms with Gasteiger partial charge in [-0.3, -0.25) is 9.48 Å². The van der Waals surface area contributed by atoms with E-state index in [1.807, 2.05) is 17.2 Å². The molecule has 3 rings (SSSR count). The van der Waals surface area contributed by atoms with Gasteiger partial charge in [0.05, 0.1) is 30.5 Å². The van der Waals surface area contributed by atoms with E-state index in [-0.39, 0.29) is 18.4 Å². The number of hydrogen-bond donors (Lipinski definition) is 1. The van der Waals surface area contributed by atoms with Gasteiger partial charge in [0, 0.05) is 30.8 Å². The first-order valence-electron chi connectivity index (χ1n) is 8.15. The lowest BCUT2D eigenvalue weighted by atomic mass is 9.94. The minimum atomic E-state index is -0.000944. The highest BCUT2D eigenvalue weighted by Crippen LogP contribution is 2.26. The van der Waals surface area contributed by atoms with Crippen LogP contribution in [-0.2, 0) is 6.54 Å². The normalized spacial score (nSPS) is 17.5. The summed E-state index contributed by atoms with van der Waals surface area (Å²) in [6.07, 6.45) is 3.82. The third kappa shape index (κ3) is 3.47. The molecule has 2 aromatic rings. The van der Waals surface area contributed by atoms with Crippen molar-refractivity contribution in [3.63, 3.8) is 0 Å². The molecule has 0 spiro atoms. The van der Waals surface area contributed by atoms with E-state index in [2.05, 4.69) is 11.2 Å². The molecule has 0 unspecified atom stereocenters. The molecule has 6 nitrogen and oxygen atoms in total. The van der Waals surface area contributed by atoms with Crippen LogP contribution in [0.5, 0.6) is 0 Å². The summed E-state index contributed by atoms with van der Waals surface area (Å²) in [7, 11) is 0. The number of hydrogen-bond acceptors (Lipinski definition) is 4. The Balaban J connectivity index is 1.69. The predicted octanol–water partition coefficient (Wildman–Crippen LogP) is 1.77. The maximum absolute atomic E-state index is 12.7. The lowest BCUT2D eigenvalue weighted by molar-refractivity contribution is 0.0705. The van der Waals surface area contributed by atoms with E-state index in [4.69, 9.17) is 10.4 Å². The van der Waals surface area contributed by atoms with Crippen LogP contribution in [0.25, 0.3) is 0 Å². The number of benzene rings is 1. The van der Waals surface area contributed by atoms with Crippen LogP contribution in [0.3, 0.4) is 0 Å². The van der Waals surface area contributed by atoms with Crippen molar-refractivity contribution in [2.75, 3.05) is 19.7 Å². The Bertz CT molecular complexity index is 745. The first-order chi connectivity index (χ1) is 11.7. The highest BCUT2D eigenvalue weighted by molar-refractivity contribution is 5.94.